The van der Waals surface area contributed by atoms with E-state index >= 15 is 0 Å². The van der Waals surface area contributed by atoms with Gasteiger partial charge in [-0.05, 0) is 113 Å². The molecule has 11 atom stereocenters. The van der Waals surface area contributed by atoms with Crippen molar-refractivity contribution in [1.29, 1.82) is 0 Å². The quantitative estimate of drug-likeness (QED) is 0.203. The molecule has 4 saturated carbocycles. The first kappa shape index (κ1) is 38.3. The van der Waals surface area contributed by atoms with Crippen LogP contribution in [0.1, 0.15) is 112 Å². The van der Waals surface area contributed by atoms with E-state index in [0.717, 1.165) is 51.6 Å². The zero-order chi connectivity index (χ0) is 35.4. The van der Waals surface area contributed by atoms with Gasteiger partial charge in [0, 0.05) is 18.4 Å². The van der Waals surface area contributed by atoms with E-state index in [1.807, 2.05) is 6.92 Å². The minimum absolute atomic E-state index is 0.0473. The minimum atomic E-state index is -1.37. The molecule has 4 fully saturated rings. The third-order valence-corrected chi connectivity index (χ3v) is 12.6. The normalized spacial score (nSPS) is 36.3. The molecule has 0 radical (unpaired) electrons. The number of fused-ring (bicyclic) bond motifs is 5. The molecule has 0 bridgehead atoms. The minimum Gasteiger partial charge on any atom is -0.481 e. The van der Waals surface area contributed by atoms with Crippen LogP contribution in [0.3, 0.4) is 0 Å². The van der Waals surface area contributed by atoms with E-state index < -0.39 is 48.9 Å². The third kappa shape index (κ3) is 8.09. The summed E-state index contributed by atoms with van der Waals surface area (Å²) in [7, 11) is 0. The van der Waals surface area contributed by atoms with Gasteiger partial charge in [0.25, 0.3) is 0 Å². The molecule has 5 unspecified atom stereocenters. The second-order valence-corrected chi connectivity index (χ2v) is 15.6. The van der Waals surface area contributed by atoms with E-state index in [2.05, 4.69) is 32.6 Å². The lowest BCUT2D eigenvalue weighted by molar-refractivity contribution is -0.219. The Morgan fingerprint density at radius 2 is 1.46 bits per heavy atom. The Balaban J connectivity index is 1.62. The Bertz CT molecular complexity index is 1180. The molecule has 0 spiro atoms. The number of hydrogen-bond donors (Lipinski definition) is 2. The first-order valence-electron chi connectivity index (χ1n) is 18.4. The van der Waals surface area contributed by atoms with Crippen molar-refractivity contribution in [2.75, 3.05) is 26.2 Å². The van der Waals surface area contributed by atoms with Gasteiger partial charge in [-0.25, -0.2) is 0 Å². The van der Waals surface area contributed by atoms with Crippen molar-refractivity contribution in [3.05, 3.63) is 0 Å². The maximum absolute atomic E-state index is 13.7. The molecule has 4 aliphatic rings. The molecule has 11 nitrogen and oxygen atoms in total. The van der Waals surface area contributed by atoms with Gasteiger partial charge in [0.1, 0.15) is 18.0 Å². The number of carboxylic acid groups (broad SMARTS) is 2. The SMILES string of the molecule is CCCN(CCC)CC(=O)OC1C[C@]2(C)[C@@H](C(C)=O)CC[C@H]2[C@@H]2CCC3CC(OC(=O)CC(CC(=O)O)C(=O)O)C(OCC)C[C@]3(C)[C@@H]12. The summed E-state index contributed by atoms with van der Waals surface area (Å²) in [6.07, 6.45) is 4.79. The molecule has 4 rings (SSSR count). The fourth-order valence-electron chi connectivity index (χ4n) is 10.8. The van der Waals surface area contributed by atoms with Crippen LogP contribution in [-0.2, 0) is 38.2 Å². The first-order chi connectivity index (χ1) is 22.7. The molecule has 0 aromatic heterocycles. The Morgan fingerprint density at radius 1 is 0.812 bits per heavy atom. The maximum atomic E-state index is 13.7. The lowest BCUT2D eigenvalue weighted by Gasteiger charge is -2.63. The highest BCUT2D eigenvalue weighted by Gasteiger charge is 2.66. The van der Waals surface area contributed by atoms with Crippen molar-refractivity contribution >= 4 is 29.7 Å². The van der Waals surface area contributed by atoms with E-state index in [1.54, 1.807) is 6.92 Å². The van der Waals surface area contributed by atoms with Gasteiger partial charge in [0.05, 0.1) is 31.4 Å². The van der Waals surface area contributed by atoms with Gasteiger partial charge in [0.2, 0.25) is 0 Å². The standard InChI is InChI=1S/C37H59NO10/c1-7-14-38(15-8-2)21-33(43)48-30-20-37(6)26(22(4)39)12-13-27(37)25-11-10-24-18-28(29(46-9-3)19-36(24,5)34(25)30)47-32(42)17-23(35(44)45)16-31(40)41/h23-30,34H,7-21H2,1-6H3,(H,40,41)(H,44,45)/t23?,24?,25-,26+,27-,28?,29?,30?,34+,36-,37+/m0/s1. The topological polar surface area (TPSA) is 157 Å². The number of carbonyl (C=O) groups excluding carboxylic acids is 3. The number of esters is 2. The van der Waals surface area contributed by atoms with Crippen LogP contribution in [0.4, 0.5) is 0 Å². The van der Waals surface area contributed by atoms with Gasteiger partial charge < -0.3 is 24.4 Å². The monoisotopic (exact) mass is 677 g/mol. The molecule has 0 aliphatic heterocycles. The Kier molecular flexibility index (Phi) is 12.8. The van der Waals surface area contributed by atoms with Gasteiger partial charge >= 0.3 is 23.9 Å². The number of aliphatic carboxylic acids is 2. The van der Waals surface area contributed by atoms with Crippen LogP contribution in [0.25, 0.3) is 0 Å². The van der Waals surface area contributed by atoms with E-state index in [-0.39, 0.29) is 58.9 Å². The molecule has 272 valence electrons. The molecule has 4 aliphatic carbocycles. The van der Waals surface area contributed by atoms with Crippen molar-refractivity contribution in [2.45, 2.75) is 130 Å². The predicted molar refractivity (Wildman–Crippen MR) is 177 cm³/mol. The fourth-order valence-corrected chi connectivity index (χ4v) is 10.8. The van der Waals surface area contributed by atoms with Crippen molar-refractivity contribution in [3.63, 3.8) is 0 Å². The average molecular weight is 678 g/mol. The predicted octanol–water partition coefficient (Wildman–Crippen LogP) is 5.37. The Hall–Kier alpha value is -2.53. The molecule has 0 amide bonds. The second kappa shape index (κ2) is 16.0. The number of ketones is 1. The van der Waals surface area contributed by atoms with Gasteiger partial charge in [-0.3, -0.25) is 28.9 Å². The molecule has 11 heteroatoms. The van der Waals surface area contributed by atoms with Crippen LogP contribution in [-0.4, -0.2) is 89.3 Å². The van der Waals surface area contributed by atoms with Gasteiger partial charge in [-0.2, -0.15) is 0 Å². The largest absolute Gasteiger partial charge is 0.481 e. The van der Waals surface area contributed by atoms with Crippen LogP contribution < -0.4 is 0 Å². The maximum Gasteiger partial charge on any atom is 0.320 e. The Morgan fingerprint density at radius 3 is 2.04 bits per heavy atom. The number of carboxylic acids is 2. The molecule has 0 saturated heterocycles. The van der Waals surface area contributed by atoms with Crippen LogP contribution >= 0.6 is 0 Å². The number of carbonyl (C=O) groups is 5. The summed E-state index contributed by atoms with van der Waals surface area (Å²) in [5, 5.41) is 18.6. The zero-order valence-corrected chi connectivity index (χ0v) is 29.9. The summed E-state index contributed by atoms with van der Waals surface area (Å²) in [6.45, 7) is 14.6. The second-order valence-electron chi connectivity index (χ2n) is 15.6. The fraction of sp³-hybridized carbons (Fsp3) is 0.865. The lowest BCUT2D eigenvalue weighted by atomic mass is 9.43. The lowest BCUT2D eigenvalue weighted by Crippen LogP contribution is -2.62. The van der Waals surface area contributed by atoms with Crippen molar-refractivity contribution in [2.24, 2.45) is 46.3 Å². The summed E-state index contributed by atoms with van der Waals surface area (Å²) >= 11 is 0. The highest BCUT2D eigenvalue weighted by atomic mass is 16.6. The highest BCUT2D eigenvalue weighted by molar-refractivity contribution is 5.83. The number of rotatable bonds is 16. The summed E-state index contributed by atoms with van der Waals surface area (Å²) in [4.78, 5) is 64.6. The van der Waals surface area contributed by atoms with Crippen molar-refractivity contribution < 1.29 is 48.4 Å². The van der Waals surface area contributed by atoms with Gasteiger partial charge in [-0.15, -0.1) is 0 Å². The van der Waals surface area contributed by atoms with Crippen molar-refractivity contribution in [1.82, 2.24) is 4.90 Å². The van der Waals surface area contributed by atoms with Crippen LogP contribution in [0.15, 0.2) is 0 Å². The number of hydrogen-bond acceptors (Lipinski definition) is 9. The molecule has 0 aromatic carbocycles. The van der Waals surface area contributed by atoms with E-state index in [0.29, 0.717) is 31.8 Å². The molecule has 48 heavy (non-hydrogen) atoms. The summed E-state index contributed by atoms with van der Waals surface area (Å²) in [5.74, 6) is -3.95. The van der Waals surface area contributed by atoms with Crippen LogP contribution in [0, 0.1) is 46.3 Å². The molecular formula is C37H59NO10. The van der Waals surface area contributed by atoms with Crippen molar-refractivity contribution in [3.8, 4) is 0 Å². The smallest absolute Gasteiger partial charge is 0.320 e. The number of Topliss-reactive ketones (excluding diaryl/α,β-unsaturated/α-hetero) is 1. The van der Waals surface area contributed by atoms with E-state index in [9.17, 15) is 29.1 Å². The van der Waals surface area contributed by atoms with E-state index in [4.69, 9.17) is 19.3 Å². The number of ether oxygens (including phenoxy) is 3. The van der Waals surface area contributed by atoms with Gasteiger partial charge in [-0.1, -0.05) is 27.7 Å². The molecular weight excluding hydrogens is 618 g/mol. The molecule has 2 N–H and O–H groups in total. The third-order valence-electron chi connectivity index (χ3n) is 12.6. The molecule has 0 aromatic rings. The zero-order valence-electron chi connectivity index (χ0n) is 29.9. The van der Waals surface area contributed by atoms with Gasteiger partial charge in [0.15, 0.2) is 0 Å². The Labute approximate surface area is 285 Å². The average Bonchev–Trinajstić information content (AvgIpc) is 3.34. The summed E-state index contributed by atoms with van der Waals surface area (Å²) in [6, 6.07) is 0. The highest BCUT2D eigenvalue weighted by Crippen LogP contribution is 2.68. The summed E-state index contributed by atoms with van der Waals surface area (Å²) < 4.78 is 18.7. The van der Waals surface area contributed by atoms with E-state index in [1.165, 1.54) is 0 Å². The molecule has 0 heterocycles. The number of nitrogens with zero attached hydrogens (tertiary/aromatic N) is 1. The van der Waals surface area contributed by atoms with Crippen LogP contribution in [0.2, 0.25) is 0 Å². The van der Waals surface area contributed by atoms with Crippen LogP contribution in [0.5, 0.6) is 0 Å². The first-order valence-corrected chi connectivity index (χ1v) is 18.4. The summed E-state index contributed by atoms with van der Waals surface area (Å²) in [5.41, 5.74) is -0.526.